The van der Waals surface area contributed by atoms with E-state index in [2.05, 4.69) is 37.1 Å². The van der Waals surface area contributed by atoms with Gasteiger partial charge >= 0.3 is 12.4 Å². The first-order valence-corrected chi connectivity index (χ1v) is 24.6. The van der Waals surface area contributed by atoms with Crippen molar-refractivity contribution in [2.45, 2.75) is 103 Å². The summed E-state index contributed by atoms with van der Waals surface area (Å²) in [5.74, 6) is -3.12. The Balaban J connectivity index is 0.00000147. The molecule has 3 aromatic heterocycles. The van der Waals surface area contributed by atoms with Gasteiger partial charge in [0.1, 0.15) is 51.8 Å². The Morgan fingerprint density at radius 1 is 0.986 bits per heavy atom. The summed E-state index contributed by atoms with van der Waals surface area (Å²) in [6.07, 6.45) is -9.99. The molecule has 26 heteroatoms. The van der Waals surface area contributed by atoms with Crippen LogP contribution in [0, 0.1) is 23.5 Å². The minimum absolute atomic E-state index is 0.111. The number of carbonyl (C=O) groups excluding carboxylic acids is 3. The molecule has 1 aliphatic rings. The molecular formula is C45H46ClF10N7O6S2. The number of aromatic nitrogens is 5. The molecule has 0 aliphatic heterocycles. The molecule has 0 saturated carbocycles. The van der Waals surface area contributed by atoms with Crippen molar-refractivity contribution < 1.29 is 71.4 Å². The Morgan fingerprint density at radius 3 is 2.13 bits per heavy atom. The number of hydrogen-bond donors (Lipinski definition) is 1. The molecule has 3 atom stereocenters. The summed E-state index contributed by atoms with van der Waals surface area (Å²) in [7, 11) is -3.73. The van der Waals surface area contributed by atoms with E-state index in [0.29, 0.717) is 28.1 Å². The Hall–Kier alpha value is -5.87. The van der Waals surface area contributed by atoms with Gasteiger partial charge in [0.05, 0.1) is 34.3 Å². The van der Waals surface area contributed by atoms with E-state index in [9.17, 15) is 57.9 Å². The van der Waals surface area contributed by atoms with E-state index in [0.717, 1.165) is 25.3 Å². The van der Waals surface area contributed by atoms with Gasteiger partial charge in [-0.1, -0.05) is 37.4 Å². The first-order valence-electron chi connectivity index (χ1n) is 21.1. The molecule has 1 aliphatic carbocycles. The Labute approximate surface area is 410 Å². The van der Waals surface area contributed by atoms with Crippen molar-refractivity contribution in [1.29, 1.82) is 0 Å². The van der Waals surface area contributed by atoms with E-state index < -0.39 is 135 Å². The zero-order chi connectivity index (χ0) is 53.6. The van der Waals surface area contributed by atoms with Gasteiger partial charge in [0, 0.05) is 59.4 Å². The van der Waals surface area contributed by atoms with Crippen LogP contribution in [0.25, 0.3) is 22.0 Å². The molecule has 13 nitrogen and oxygen atoms in total. The fraction of sp³-hybridized carbons (Fsp3) is 0.422. The third-order valence-electron chi connectivity index (χ3n) is 10.2. The highest BCUT2D eigenvalue weighted by Crippen LogP contribution is 2.47. The minimum Gasteiger partial charge on any atom is -0.468 e. The molecule has 0 radical (unpaired) electrons. The van der Waals surface area contributed by atoms with E-state index in [4.69, 9.17) is 11.6 Å². The molecule has 71 heavy (non-hydrogen) atoms. The monoisotopic (exact) mass is 1070 g/mol. The fourth-order valence-electron chi connectivity index (χ4n) is 7.19. The lowest BCUT2D eigenvalue weighted by Gasteiger charge is -2.23. The van der Waals surface area contributed by atoms with Crippen LogP contribution >= 0.6 is 11.6 Å². The molecule has 0 spiro atoms. The number of rotatable bonds is 13. The lowest BCUT2D eigenvalue weighted by Crippen LogP contribution is -2.35. The van der Waals surface area contributed by atoms with Crippen molar-refractivity contribution in [3.8, 4) is 23.0 Å². The summed E-state index contributed by atoms with van der Waals surface area (Å²) in [6, 6.07) is 5.65. The van der Waals surface area contributed by atoms with Crippen molar-refractivity contribution in [2.24, 2.45) is 0 Å². The van der Waals surface area contributed by atoms with Crippen LogP contribution in [0.2, 0.25) is 5.02 Å². The number of benzene rings is 2. The number of ether oxygens (including phenoxy) is 1. The zero-order valence-electron chi connectivity index (χ0n) is 39.0. The molecule has 6 rings (SSSR count). The summed E-state index contributed by atoms with van der Waals surface area (Å²) in [6.45, 7) is 7.70. The topological polar surface area (TPSA) is 158 Å². The van der Waals surface area contributed by atoms with Crippen LogP contribution in [-0.4, -0.2) is 81.3 Å². The second-order valence-electron chi connectivity index (χ2n) is 15.7. The number of halogens is 11. The lowest BCUT2D eigenvalue weighted by atomic mass is 9.93. The van der Waals surface area contributed by atoms with Crippen LogP contribution in [0.4, 0.5) is 49.7 Å². The largest absolute Gasteiger partial charge is 0.468 e. The van der Waals surface area contributed by atoms with Crippen LogP contribution in [-0.2, 0) is 78.9 Å². The first kappa shape index (κ1) is 57.7. The maximum atomic E-state index is 15.1. The molecule has 2 aromatic carbocycles. The van der Waals surface area contributed by atoms with Gasteiger partial charge in [-0.25, -0.2) is 22.3 Å². The number of carbonyl (C=O) groups is 3. The number of hydrogen-bond acceptors (Lipinski definition) is 9. The predicted octanol–water partition coefficient (Wildman–Crippen LogP) is 9.31. The summed E-state index contributed by atoms with van der Waals surface area (Å²) < 4.78 is 174. The number of anilines is 1. The normalized spacial score (nSPS) is 14.4. The Morgan fingerprint density at radius 2 is 1.61 bits per heavy atom. The van der Waals surface area contributed by atoms with Gasteiger partial charge in [0.15, 0.2) is 11.5 Å². The van der Waals surface area contributed by atoms with Gasteiger partial charge in [-0.15, -0.1) is 0 Å². The highest BCUT2D eigenvalue weighted by Gasteiger charge is 2.50. The molecule has 2 amide bonds. The molecule has 1 N–H and O–H groups in total. The smallest absolute Gasteiger partial charge is 0.435 e. The van der Waals surface area contributed by atoms with Gasteiger partial charge in [-0.05, 0) is 75.4 Å². The number of pyridine rings is 1. The summed E-state index contributed by atoms with van der Waals surface area (Å²) in [5, 5.41) is 9.26. The molecule has 0 fully saturated rings. The van der Waals surface area contributed by atoms with Crippen molar-refractivity contribution in [3.63, 3.8) is 0 Å². The van der Waals surface area contributed by atoms with Crippen molar-refractivity contribution >= 4 is 68.4 Å². The van der Waals surface area contributed by atoms with Crippen LogP contribution in [0.1, 0.15) is 87.9 Å². The van der Waals surface area contributed by atoms with Crippen LogP contribution in [0.15, 0.2) is 42.5 Å². The average Bonchev–Trinajstić information content (AvgIpc) is 3.91. The SMILES string of the molecule is CC.CC(=O)N(c1nn(CC(F)(F)F)c2c(-c3ccc(C#CC(C)(C)S(C)=O)nc3C(Cc3cc(F)cc(F)c3)NC(=O)Cn3nc(C(F)(F)F)c4c3C(F)(F)CC4)ccc(Cl)c12)S(C)=O.CCOC=O. The maximum absolute atomic E-state index is 15.1. The summed E-state index contributed by atoms with van der Waals surface area (Å²) >= 11 is 6.58. The number of nitrogens with one attached hydrogen (secondary N) is 1. The summed E-state index contributed by atoms with van der Waals surface area (Å²) in [5.41, 5.74) is -4.86. The van der Waals surface area contributed by atoms with E-state index >= 15 is 8.78 Å². The number of fused-ring (bicyclic) bond motifs is 2. The van der Waals surface area contributed by atoms with Crippen LogP contribution in [0.5, 0.6) is 0 Å². The quantitative estimate of drug-likeness (QED) is 0.0689. The average molecular weight is 1070 g/mol. The molecule has 3 heterocycles. The second-order valence-corrected chi connectivity index (χ2v) is 19.2. The lowest BCUT2D eigenvalue weighted by molar-refractivity contribution is -0.143. The van der Waals surface area contributed by atoms with E-state index in [1.807, 2.05) is 13.8 Å². The zero-order valence-corrected chi connectivity index (χ0v) is 41.4. The van der Waals surface area contributed by atoms with Gasteiger partial charge in [-0.3, -0.25) is 28.0 Å². The third kappa shape index (κ3) is 14.0. The van der Waals surface area contributed by atoms with Gasteiger partial charge in [0.25, 0.3) is 12.4 Å². The molecule has 0 saturated heterocycles. The third-order valence-corrected chi connectivity index (χ3v) is 13.0. The highest BCUT2D eigenvalue weighted by molar-refractivity contribution is 7.86. The molecule has 3 unspecified atom stereocenters. The number of amides is 2. The summed E-state index contributed by atoms with van der Waals surface area (Å²) in [4.78, 5) is 40.5. The van der Waals surface area contributed by atoms with Crippen LogP contribution < -0.4 is 9.62 Å². The Kier molecular flexibility index (Phi) is 18.8. The molecular weight excluding hydrogens is 1020 g/mol. The Bertz CT molecular complexity index is 2880. The minimum atomic E-state index is -5.18. The first-order chi connectivity index (χ1) is 33.0. The van der Waals surface area contributed by atoms with E-state index in [-0.39, 0.29) is 43.2 Å². The van der Waals surface area contributed by atoms with Gasteiger partial charge < -0.3 is 10.1 Å². The van der Waals surface area contributed by atoms with Gasteiger partial charge in [-0.2, -0.15) is 45.3 Å². The fourth-order valence-corrected chi connectivity index (χ4v) is 8.36. The molecule has 0 bridgehead atoms. The standard InChI is InChI=1S/C40H34ClF10N7O4S2.C3H6O2.C2H6/c1-20(59)58(64(5)62)36-31-28(41)9-8-26(33(31)57(55-36)19-39(46,47)48)25-7-6-24(10-12-37(2,3)63(4)61)52-32(25)29(16-21-14-22(42)17-23(43)15-21)53-30(60)18-56-35-27(11-13-38(35,44)45)34(54-56)40(49,50)51;1-2-5-3-4;1-2/h6-9,14-15,17,29H,11,13,16,18-19H2,1-5H3,(H,53,60);3H,2H2,1H3;1-2H3. The van der Waals surface area contributed by atoms with E-state index in [1.165, 1.54) is 30.5 Å². The highest BCUT2D eigenvalue weighted by atomic mass is 35.5. The van der Waals surface area contributed by atoms with E-state index in [1.54, 1.807) is 20.8 Å². The van der Waals surface area contributed by atoms with Crippen LogP contribution in [0.3, 0.4) is 0 Å². The number of alkyl halides is 8. The maximum Gasteiger partial charge on any atom is 0.435 e. The van der Waals surface area contributed by atoms with Gasteiger partial charge in [0.2, 0.25) is 11.8 Å². The molecule has 386 valence electrons. The van der Waals surface area contributed by atoms with Crippen molar-refractivity contribution in [1.82, 2.24) is 29.9 Å². The second kappa shape index (κ2) is 23.1. The molecule has 5 aromatic rings. The number of nitrogens with zero attached hydrogens (tertiary/aromatic N) is 6. The van der Waals surface area contributed by atoms with Crippen molar-refractivity contribution in [2.75, 3.05) is 23.4 Å². The predicted molar refractivity (Wildman–Crippen MR) is 246 cm³/mol. The van der Waals surface area contributed by atoms with Crippen molar-refractivity contribution in [3.05, 3.63) is 93.0 Å².